The number of furan rings is 1. The molecule has 9 heteroatoms. The molecule has 0 atom stereocenters. The molecule has 0 saturated heterocycles. The molecule has 170 valence electrons. The van der Waals surface area contributed by atoms with Crippen molar-refractivity contribution < 1.29 is 18.7 Å². The third-order valence-corrected chi connectivity index (χ3v) is 7.77. The van der Waals surface area contributed by atoms with Crippen LogP contribution in [-0.4, -0.2) is 37.1 Å². The lowest BCUT2D eigenvalue weighted by atomic mass is 9.95. The van der Waals surface area contributed by atoms with Crippen molar-refractivity contribution in [2.24, 2.45) is 0 Å². The standard InChI is InChI=1S/C23H27N3O4S2/c1-13-9-10-16(30-13)22-25-14(2)19(32-22)21(28)26-23-18(20(27)24-11-6-12-29-3)15-7-4-5-8-17(15)31-23/h9-10H,4-8,11-12H2,1-3H3,(H,24,27)(H,26,28). The van der Waals surface area contributed by atoms with E-state index in [1.54, 1.807) is 7.11 Å². The van der Waals surface area contributed by atoms with E-state index in [0.29, 0.717) is 45.1 Å². The number of methoxy groups -OCH3 is 1. The molecule has 7 nitrogen and oxygen atoms in total. The summed E-state index contributed by atoms with van der Waals surface area (Å²) in [6, 6.07) is 3.73. The molecule has 0 spiro atoms. The zero-order valence-electron chi connectivity index (χ0n) is 18.5. The highest BCUT2D eigenvalue weighted by Gasteiger charge is 2.27. The molecule has 0 bridgehead atoms. The van der Waals surface area contributed by atoms with Gasteiger partial charge in [0.25, 0.3) is 11.8 Å². The van der Waals surface area contributed by atoms with Crippen molar-refractivity contribution in [3.05, 3.63) is 44.5 Å². The van der Waals surface area contributed by atoms with Crippen molar-refractivity contribution in [3.8, 4) is 10.8 Å². The van der Waals surface area contributed by atoms with Crippen molar-refractivity contribution in [2.45, 2.75) is 46.0 Å². The molecule has 32 heavy (non-hydrogen) atoms. The Balaban J connectivity index is 1.57. The number of carbonyl (C=O) groups excluding carboxylic acids is 2. The second-order valence-electron chi connectivity index (χ2n) is 7.82. The molecule has 0 unspecified atom stereocenters. The van der Waals surface area contributed by atoms with Gasteiger partial charge >= 0.3 is 0 Å². The van der Waals surface area contributed by atoms with Crippen LogP contribution in [-0.2, 0) is 17.6 Å². The molecule has 2 N–H and O–H groups in total. The fourth-order valence-electron chi connectivity index (χ4n) is 3.82. The Labute approximate surface area is 195 Å². The largest absolute Gasteiger partial charge is 0.459 e. The highest BCUT2D eigenvalue weighted by atomic mass is 32.1. The maximum absolute atomic E-state index is 13.2. The van der Waals surface area contributed by atoms with Gasteiger partial charge in [0, 0.05) is 25.1 Å². The summed E-state index contributed by atoms with van der Waals surface area (Å²) in [7, 11) is 1.64. The molecule has 0 saturated carbocycles. The SMILES string of the molecule is COCCCNC(=O)c1c(NC(=O)c2sc(-c3ccc(C)o3)nc2C)sc2c1CCCC2. The molecular formula is C23H27N3O4S2. The summed E-state index contributed by atoms with van der Waals surface area (Å²) < 4.78 is 10.7. The van der Waals surface area contributed by atoms with Crippen LogP contribution >= 0.6 is 22.7 Å². The number of anilines is 1. The van der Waals surface area contributed by atoms with Crippen LogP contribution in [0.5, 0.6) is 0 Å². The Morgan fingerprint density at radius 2 is 1.97 bits per heavy atom. The summed E-state index contributed by atoms with van der Waals surface area (Å²) in [4.78, 5) is 32.4. The van der Waals surface area contributed by atoms with Gasteiger partial charge in [-0.3, -0.25) is 9.59 Å². The van der Waals surface area contributed by atoms with E-state index in [4.69, 9.17) is 9.15 Å². The normalized spacial score (nSPS) is 13.1. The third kappa shape index (κ3) is 4.79. The topological polar surface area (TPSA) is 93.5 Å². The van der Waals surface area contributed by atoms with Crippen molar-refractivity contribution in [1.29, 1.82) is 0 Å². The number of rotatable bonds is 8. The molecule has 0 aliphatic heterocycles. The average molecular weight is 474 g/mol. The molecule has 0 aromatic carbocycles. The van der Waals surface area contributed by atoms with E-state index < -0.39 is 0 Å². The summed E-state index contributed by atoms with van der Waals surface area (Å²) in [6.45, 7) is 4.81. The number of nitrogens with zero attached hydrogens (tertiary/aromatic N) is 1. The van der Waals surface area contributed by atoms with E-state index in [-0.39, 0.29) is 11.8 Å². The quantitative estimate of drug-likeness (QED) is 0.450. The zero-order chi connectivity index (χ0) is 22.7. The Morgan fingerprint density at radius 1 is 1.16 bits per heavy atom. The van der Waals surface area contributed by atoms with Crippen LogP contribution < -0.4 is 10.6 Å². The number of aromatic nitrogens is 1. The van der Waals surface area contributed by atoms with E-state index in [2.05, 4.69) is 15.6 Å². The number of thiophene rings is 1. The van der Waals surface area contributed by atoms with Gasteiger partial charge in [-0.05, 0) is 63.6 Å². The van der Waals surface area contributed by atoms with Crippen molar-refractivity contribution >= 4 is 39.5 Å². The minimum Gasteiger partial charge on any atom is -0.459 e. The average Bonchev–Trinajstić information content (AvgIpc) is 3.47. The highest BCUT2D eigenvalue weighted by Crippen LogP contribution is 2.39. The van der Waals surface area contributed by atoms with Gasteiger partial charge in [0.2, 0.25) is 0 Å². The van der Waals surface area contributed by atoms with Crippen molar-refractivity contribution in [1.82, 2.24) is 10.3 Å². The number of fused-ring (bicyclic) bond motifs is 1. The number of hydrogen-bond donors (Lipinski definition) is 2. The second kappa shape index (κ2) is 9.97. The van der Waals surface area contributed by atoms with Gasteiger partial charge in [-0.1, -0.05) is 0 Å². The second-order valence-corrected chi connectivity index (χ2v) is 9.92. The lowest BCUT2D eigenvalue weighted by Gasteiger charge is -2.13. The lowest BCUT2D eigenvalue weighted by molar-refractivity contribution is 0.0948. The molecular weight excluding hydrogens is 446 g/mol. The Bertz CT molecular complexity index is 1130. The Morgan fingerprint density at radius 3 is 2.72 bits per heavy atom. The molecule has 0 radical (unpaired) electrons. The molecule has 0 fully saturated rings. The van der Waals surface area contributed by atoms with E-state index in [1.165, 1.54) is 27.6 Å². The molecule has 3 heterocycles. The smallest absolute Gasteiger partial charge is 0.268 e. The van der Waals surface area contributed by atoms with Crippen LogP contribution in [0, 0.1) is 13.8 Å². The van der Waals surface area contributed by atoms with Crippen molar-refractivity contribution in [3.63, 3.8) is 0 Å². The predicted molar refractivity (Wildman–Crippen MR) is 127 cm³/mol. The summed E-state index contributed by atoms with van der Waals surface area (Å²) in [6.07, 6.45) is 4.72. The van der Waals surface area contributed by atoms with Gasteiger partial charge in [0.05, 0.1) is 11.3 Å². The van der Waals surface area contributed by atoms with Gasteiger partial charge in [-0.2, -0.15) is 0 Å². The predicted octanol–water partition coefficient (Wildman–Crippen LogP) is 4.98. The van der Waals surface area contributed by atoms with Crippen molar-refractivity contribution in [2.75, 3.05) is 25.6 Å². The minimum atomic E-state index is -0.249. The van der Waals surface area contributed by atoms with E-state index in [9.17, 15) is 9.59 Å². The van der Waals surface area contributed by atoms with Gasteiger partial charge in [-0.25, -0.2) is 4.98 Å². The van der Waals surface area contributed by atoms with Gasteiger partial charge in [-0.15, -0.1) is 22.7 Å². The summed E-state index contributed by atoms with van der Waals surface area (Å²) in [5, 5.41) is 7.28. The number of nitrogens with one attached hydrogen (secondary N) is 2. The maximum Gasteiger partial charge on any atom is 0.268 e. The van der Waals surface area contributed by atoms with E-state index >= 15 is 0 Å². The van der Waals surface area contributed by atoms with Crippen LogP contribution in [0.3, 0.4) is 0 Å². The first kappa shape index (κ1) is 22.7. The number of amides is 2. The molecule has 4 rings (SSSR count). The van der Waals surface area contributed by atoms with Crippen LogP contribution in [0.2, 0.25) is 0 Å². The molecule has 1 aliphatic rings. The first-order valence-corrected chi connectivity index (χ1v) is 12.4. The van der Waals surface area contributed by atoms with Gasteiger partial charge < -0.3 is 19.8 Å². The molecule has 3 aromatic rings. The van der Waals surface area contributed by atoms with E-state index in [0.717, 1.165) is 43.4 Å². The monoisotopic (exact) mass is 473 g/mol. The minimum absolute atomic E-state index is 0.136. The van der Waals surface area contributed by atoms with Crippen LogP contribution in [0.15, 0.2) is 16.5 Å². The molecule has 2 amide bonds. The van der Waals surface area contributed by atoms with Gasteiger partial charge in [0.1, 0.15) is 15.6 Å². The van der Waals surface area contributed by atoms with Crippen LogP contribution in [0.1, 0.15) is 61.2 Å². The fourth-order valence-corrected chi connectivity index (χ4v) is 6.03. The number of carbonyl (C=O) groups is 2. The maximum atomic E-state index is 13.2. The Hall–Kier alpha value is -2.49. The number of aryl methyl sites for hydroxylation is 3. The third-order valence-electron chi connectivity index (χ3n) is 5.39. The molecule has 3 aromatic heterocycles. The number of hydrogen-bond acceptors (Lipinski definition) is 7. The van der Waals surface area contributed by atoms with Crippen LogP contribution in [0.4, 0.5) is 5.00 Å². The zero-order valence-corrected chi connectivity index (χ0v) is 20.1. The Kier molecular flexibility index (Phi) is 7.07. The van der Waals surface area contributed by atoms with Gasteiger partial charge in [0.15, 0.2) is 10.8 Å². The first-order valence-electron chi connectivity index (χ1n) is 10.7. The fraction of sp³-hybridized carbons (Fsp3) is 0.435. The summed E-state index contributed by atoms with van der Waals surface area (Å²) in [5.41, 5.74) is 2.33. The van der Waals surface area contributed by atoms with E-state index in [1.807, 2.05) is 26.0 Å². The first-order chi connectivity index (χ1) is 15.5. The van der Waals surface area contributed by atoms with Crippen LogP contribution in [0.25, 0.3) is 10.8 Å². The highest BCUT2D eigenvalue weighted by molar-refractivity contribution is 7.18. The summed E-state index contributed by atoms with van der Waals surface area (Å²) >= 11 is 2.81. The lowest BCUT2D eigenvalue weighted by Crippen LogP contribution is -2.27. The summed E-state index contributed by atoms with van der Waals surface area (Å²) in [5.74, 6) is 1.06. The molecule has 1 aliphatic carbocycles. The number of thiazole rings is 1. The number of ether oxygens (including phenoxy) is 1.